The van der Waals surface area contributed by atoms with E-state index in [-0.39, 0.29) is 0 Å². The summed E-state index contributed by atoms with van der Waals surface area (Å²) >= 11 is 0. The van der Waals surface area contributed by atoms with Gasteiger partial charge in [0.25, 0.3) is 0 Å². The first kappa shape index (κ1) is 20.9. The third kappa shape index (κ3) is 2.44. The van der Waals surface area contributed by atoms with Crippen LogP contribution in [0.4, 0.5) is 0 Å². The summed E-state index contributed by atoms with van der Waals surface area (Å²) in [5, 5.41) is 0. The number of hydrogen-bond donors (Lipinski definition) is 0. The van der Waals surface area contributed by atoms with Gasteiger partial charge in [0.1, 0.15) is 0 Å². The standard InChI is InChI=1S/C29H50/c1-20-9-10-21-26(20,5)12-11-22-27(21,6)16-18-29(8)23-19-24(2,3)13-14-25(23,4)15-17-28(22,29)7/h20-23H,9-19H2,1-8H3/t20-,21+,22-,23-,25-,26+,27-,28+,29-/m0/s1. The van der Waals surface area contributed by atoms with Gasteiger partial charge < -0.3 is 0 Å². The highest BCUT2D eigenvalue weighted by Crippen LogP contribution is 2.78. The van der Waals surface area contributed by atoms with Crippen molar-refractivity contribution in [1.29, 1.82) is 0 Å². The maximum absolute atomic E-state index is 2.80. The summed E-state index contributed by atoms with van der Waals surface area (Å²) in [4.78, 5) is 0. The van der Waals surface area contributed by atoms with E-state index in [1.54, 1.807) is 0 Å². The van der Waals surface area contributed by atoms with Gasteiger partial charge >= 0.3 is 0 Å². The van der Waals surface area contributed by atoms with Crippen LogP contribution in [0.2, 0.25) is 0 Å². The van der Waals surface area contributed by atoms with Crippen molar-refractivity contribution >= 4 is 0 Å². The largest absolute Gasteiger partial charge is 0.0620 e. The van der Waals surface area contributed by atoms with Crippen molar-refractivity contribution in [1.82, 2.24) is 0 Å². The quantitative estimate of drug-likeness (QED) is 0.382. The summed E-state index contributed by atoms with van der Waals surface area (Å²) in [6.45, 7) is 21.5. The molecule has 0 heteroatoms. The van der Waals surface area contributed by atoms with Crippen molar-refractivity contribution in [2.45, 2.75) is 126 Å². The lowest BCUT2D eigenvalue weighted by atomic mass is 9.31. The van der Waals surface area contributed by atoms with Gasteiger partial charge in [-0.15, -0.1) is 0 Å². The molecule has 0 amide bonds. The van der Waals surface area contributed by atoms with Crippen molar-refractivity contribution in [3.8, 4) is 0 Å². The van der Waals surface area contributed by atoms with E-state index in [9.17, 15) is 0 Å². The normalized spacial score (nSPS) is 61.2. The molecular weight excluding hydrogens is 348 g/mol. The van der Waals surface area contributed by atoms with Crippen molar-refractivity contribution in [2.75, 3.05) is 0 Å². The summed E-state index contributed by atoms with van der Waals surface area (Å²) in [6, 6.07) is 0. The molecule has 0 aliphatic heterocycles. The van der Waals surface area contributed by atoms with Crippen LogP contribution in [0.3, 0.4) is 0 Å². The van der Waals surface area contributed by atoms with Gasteiger partial charge in [0.2, 0.25) is 0 Å². The summed E-state index contributed by atoms with van der Waals surface area (Å²) in [5.74, 6) is 3.84. The second-order valence-electron chi connectivity index (χ2n) is 15.0. The van der Waals surface area contributed by atoms with Crippen LogP contribution in [0.1, 0.15) is 126 Å². The monoisotopic (exact) mass is 398 g/mol. The SMILES string of the molecule is C[C@H]1CC[C@@H]2[C@]1(C)CC[C@H]1[C@@]2(C)CC[C@@]2(C)[C@H]3CC(C)(C)CC[C@@]3(C)CC[C@]12C. The highest BCUT2D eigenvalue weighted by atomic mass is 14.7. The number of hydrogen-bond acceptors (Lipinski definition) is 0. The fourth-order valence-corrected chi connectivity index (χ4v) is 11.1. The molecule has 0 bridgehead atoms. The van der Waals surface area contributed by atoms with E-state index in [2.05, 4.69) is 55.4 Å². The van der Waals surface area contributed by atoms with Crippen LogP contribution in [0.15, 0.2) is 0 Å². The van der Waals surface area contributed by atoms with E-state index in [1.807, 2.05) is 0 Å². The van der Waals surface area contributed by atoms with E-state index in [4.69, 9.17) is 0 Å². The van der Waals surface area contributed by atoms with Gasteiger partial charge in [-0.25, -0.2) is 0 Å². The summed E-state index contributed by atoms with van der Waals surface area (Å²) in [6.07, 6.45) is 16.5. The molecule has 29 heavy (non-hydrogen) atoms. The van der Waals surface area contributed by atoms with Gasteiger partial charge in [-0.3, -0.25) is 0 Å². The molecule has 166 valence electrons. The van der Waals surface area contributed by atoms with Crippen LogP contribution in [0.5, 0.6) is 0 Å². The van der Waals surface area contributed by atoms with Gasteiger partial charge in [0.05, 0.1) is 0 Å². The zero-order chi connectivity index (χ0) is 21.1. The molecule has 5 saturated carbocycles. The van der Waals surface area contributed by atoms with Gasteiger partial charge in [0, 0.05) is 0 Å². The van der Waals surface area contributed by atoms with Crippen LogP contribution in [-0.2, 0) is 0 Å². The highest BCUT2D eigenvalue weighted by Gasteiger charge is 2.70. The average Bonchev–Trinajstić information content (AvgIpc) is 2.95. The fraction of sp³-hybridized carbons (Fsp3) is 1.00. The molecule has 5 aliphatic rings. The molecule has 9 atom stereocenters. The molecule has 0 radical (unpaired) electrons. The number of rotatable bonds is 0. The molecule has 0 aromatic carbocycles. The van der Waals surface area contributed by atoms with E-state index in [0.717, 1.165) is 23.7 Å². The van der Waals surface area contributed by atoms with Crippen LogP contribution in [0.25, 0.3) is 0 Å². The first-order valence-electron chi connectivity index (χ1n) is 13.3. The van der Waals surface area contributed by atoms with Crippen molar-refractivity contribution in [3.63, 3.8) is 0 Å². The lowest BCUT2D eigenvalue weighted by Gasteiger charge is -2.74. The minimum absolute atomic E-state index is 0.554. The minimum atomic E-state index is 0.554. The first-order chi connectivity index (χ1) is 13.3. The Morgan fingerprint density at radius 2 is 1.14 bits per heavy atom. The molecule has 0 nitrogen and oxygen atoms in total. The second-order valence-corrected chi connectivity index (χ2v) is 15.0. The fourth-order valence-electron chi connectivity index (χ4n) is 11.1. The Kier molecular flexibility index (Phi) is 4.22. The Bertz CT molecular complexity index is 690. The molecule has 0 unspecified atom stereocenters. The summed E-state index contributed by atoms with van der Waals surface area (Å²) < 4.78 is 0. The zero-order valence-corrected chi connectivity index (χ0v) is 21.1. The van der Waals surface area contributed by atoms with Crippen LogP contribution < -0.4 is 0 Å². The van der Waals surface area contributed by atoms with Crippen LogP contribution in [-0.4, -0.2) is 0 Å². The second kappa shape index (κ2) is 5.86. The Balaban J connectivity index is 1.55. The Morgan fingerprint density at radius 3 is 1.86 bits per heavy atom. The molecule has 5 fully saturated rings. The van der Waals surface area contributed by atoms with Crippen molar-refractivity contribution < 1.29 is 0 Å². The Labute approximate surface area is 182 Å². The van der Waals surface area contributed by atoms with Crippen molar-refractivity contribution in [3.05, 3.63) is 0 Å². The topological polar surface area (TPSA) is 0 Å². The zero-order valence-electron chi connectivity index (χ0n) is 21.1. The predicted octanol–water partition coefficient (Wildman–Crippen LogP) is 8.89. The molecular formula is C29H50. The average molecular weight is 399 g/mol. The van der Waals surface area contributed by atoms with E-state index in [1.165, 1.54) is 70.6 Å². The maximum atomic E-state index is 2.80. The summed E-state index contributed by atoms with van der Waals surface area (Å²) in [7, 11) is 0. The van der Waals surface area contributed by atoms with E-state index in [0.29, 0.717) is 32.5 Å². The van der Waals surface area contributed by atoms with Gasteiger partial charge in [-0.05, 0) is 127 Å². The van der Waals surface area contributed by atoms with Crippen molar-refractivity contribution in [2.24, 2.45) is 56.2 Å². The Morgan fingerprint density at radius 1 is 0.517 bits per heavy atom. The molecule has 0 heterocycles. The number of fused-ring (bicyclic) bond motifs is 7. The highest BCUT2D eigenvalue weighted by molar-refractivity contribution is 5.19. The van der Waals surface area contributed by atoms with Gasteiger partial charge in [0.15, 0.2) is 0 Å². The molecule has 5 rings (SSSR count). The molecule has 0 N–H and O–H groups in total. The molecule has 0 aromatic heterocycles. The molecule has 0 aromatic rings. The van der Waals surface area contributed by atoms with Crippen LogP contribution in [0, 0.1) is 56.2 Å². The van der Waals surface area contributed by atoms with E-state index >= 15 is 0 Å². The van der Waals surface area contributed by atoms with Crippen LogP contribution >= 0.6 is 0 Å². The third-order valence-electron chi connectivity index (χ3n) is 13.6. The lowest BCUT2D eigenvalue weighted by molar-refractivity contribution is -0.248. The lowest BCUT2D eigenvalue weighted by Crippen LogP contribution is -2.66. The maximum Gasteiger partial charge on any atom is -0.0235 e. The first-order valence-corrected chi connectivity index (χ1v) is 13.3. The molecule has 0 spiro atoms. The predicted molar refractivity (Wildman–Crippen MR) is 125 cm³/mol. The van der Waals surface area contributed by atoms with E-state index < -0.39 is 0 Å². The third-order valence-corrected chi connectivity index (χ3v) is 13.6. The minimum Gasteiger partial charge on any atom is -0.0620 e. The molecule has 0 saturated heterocycles. The van der Waals surface area contributed by atoms with Gasteiger partial charge in [-0.2, -0.15) is 0 Å². The van der Waals surface area contributed by atoms with Gasteiger partial charge in [-0.1, -0.05) is 55.4 Å². The summed E-state index contributed by atoms with van der Waals surface area (Å²) in [5.41, 5.74) is 3.51. The molecule has 5 aliphatic carbocycles. The Hall–Kier alpha value is 0. The smallest absolute Gasteiger partial charge is 0.0235 e.